The Labute approximate surface area is 79.5 Å². The molecule has 0 saturated heterocycles. The summed E-state index contributed by atoms with van der Waals surface area (Å²) in [5.74, 6) is 0.806. The number of nitrogens with zero attached hydrogens (tertiary/aromatic N) is 1. The second kappa shape index (κ2) is 5.15. The average Bonchev–Trinajstić information content (AvgIpc) is 1.81. The molecule has 0 radical (unpaired) electrons. The Kier molecular flexibility index (Phi) is 5.36. The summed E-state index contributed by atoms with van der Waals surface area (Å²) in [7, 11) is 4.62. The molecule has 0 aliphatic heterocycles. The summed E-state index contributed by atoms with van der Waals surface area (Å²) in [6.45, 7) is 7.14. The normalized spacial score (nSPS) is 12.5. The zero-order valence-corrected chi connectivity index (χ0v) is 9.82. The van der Waals surface area contributed by atoms with Crippen molar-refractivity contribution in [2.24, 2.45) is 5.92 Å². The van der Waals surface area contributed by atoms with Crippen molar-refractivity contribution >= 4 is 15.9 Å². The van der Waals surface area contributed by atoms with Gasteiger partial charge < -0.3 is 4.48 Å². The molecule has 0 saturated carbocycles. The van der Waals surface area contributed by atoms with Crippen molar-refractivity contribution < 1.29 is 4.48 Å². The third-order valence-electron chi connectivity index (χ3n) is 1.76. The molecular weight excluding hydrogens is 202 g/mol. The number of hydrogen-bond acceptors (Lipinski definition) is 0. The Morgan fingerprint density at radius 2 is 1.82 bits per heavy atom. The third kappa shape index (κ3) is 6.82. The molecule has 0 aliphatic rings. The highest BCUT2D eigenvalue weighted by Crippen LogP contribution is 2.06. The average molecular weight is 223 g/mol. The summed E-state index contributed by atoms with van der Waals surface area (Å²) < 4.78 is 1.16. The number of hydrogen-bond donors (Lipinski definition) is 0. The van der Waals surface area contributed by atoms with Crippen molar-refractivity contribution in [2.45, 2.75) is 20.3 Å². The van der Waals surface area contributed by atoms with Crippen LogP contribution in [0, 0.1) is 5.92 Å². The second-order valence-electron chi connectivity index (χ2n) is 4.28. The minimum Gasteiger partial charge on any atom is -0.328 e. The number of quaternary nitrogens is 1. The van der Waals surface area contributed by atoms with E-state index < -0.39 is 0 Å². The summed E-state index contributed by atoms with van der Waals surface area (Å²) in [4.78, 5) is 0. The zero-order chi connectivity index (χ0) is 8.91. The van der Waals surface area contributed by atoms with Crippen LogP contribution in [0.1, 0.15) is 20.3 Å². The number of halogens is 1. The van der Waals surface area contributed by atoms with E-state index in [1.165, 1.54) is 19.5 Å². The summed E-state index contributed by atoms with van der Waals surface area (Å²) in [5, 5.41) is 1.13. The van der Waals surface area contributed by atoms with Gasteiger partial charge in [0.25, 0.3) is 0 Å². The van der Waals surface area contributed by atoms with E-state index in [4.69, 9.17) is 0 Å². The van der Waals surface area contributed by atoms with Crippen molar-refractivity contribution in [2.75, 3.05) is 32.5 Å². The van der Waals surface area contributed by atoms with Crippen LogP contribution >= 0.6 is 15.9 Å². The maximum absolute atomic E-state index is 3.46. The highest BCUT2D eigenvalue weighted by molar-refractivity contribution is 9.09. The molecule has 1 nitrogen and oxygen atoms in total. The quantitative estimate of drug-likeness (QED) is 0.496. The van der Waals surface area contributed by atoms with Gasteiger partial charge in [-0.25, -0.2) is 0 Å². The molecule has 0 heterocycles. The molecule has 0 N–H and O–H groups in total. The molecule has 0 aliphatic carbocycles. The molecule has 0 bridgehead atoms. The van der Waals surface area contributed by atoms with Gasteiger partial charge in [0.2, 0.25) is 0 Å². The van der Waals surface area contributed by atoms with E-state index in [1.807, 2.05) is 0 Å². The van der Waals surface area contributed by atoms with Crippen LogP contribution in [0.3, 0.4) is 0 Å². The van der Waals surface area contributed by atoms with E-state index in [2.05, 4.69) is 43.9 Å². The lowest BCUT2D eigenvalue weighted by Crippen LogP contribution is -2.43. The first-order chi connectivity index (χ1) is 4.98. The Bertz CT molecular complexity index is 99.7. The van der Waals surface area contributed by atoms with Crippen molar-refractivity contribution in [3.8, 4) is 0 Å². The second-order valence-corrected chi connectivity index (χ2v) is 5.07. The topological polar surface area (TPSA) is 0 Å². The molecule has 11 heavy (non-hydrogen) atoms. The summed E-state index contributed by atoms with van der Waals surface area (Å²) in [6.07, 6.45) is 1.28. The first kappa shape index (κ1) is 11.4. The lowest BCUT2D eigenvalue weighted by Gasteiger charge is -2.31. The molecule has 0 unspecified atom stereocenters. The molecule has 0 amide bonds. The third-order valence-corrected chi connectivity index (χ3v) is 2.32. The Hall–Kier alpha value is 0.440. The fourth-order valence-corrected chi connectivity index (χ4v) is 1.82. The molecule has 0 atom stereocenters. The van der Waals surface area contributed by atoms with Gasteiger partial charge in [-0.05, 0) is 0 Å². The van der Waals surface area contributed by atoms with Crippen LogP contribution in [-0.4, -0.2) is 37.0 Å². The van der Waals surface area contributed by atoms with Crippen molar-refractivity contribution in [1.82, 2.24) is 0 Å². The first-order valence-electron chi connectivity index (χ1n) is 4.36. The minimum atomic E-state index is 0.806. The summed E-state index contributed by atoms with van der Waals surface area (Å²) in [5.41, 5.74) is 0. The Balaban J connectivity index is 3.61. The number of alkyl halides is 1. The van der Waals surface area contributed by atoms with E-state index in [0.717, 1.165) is 15.7 Å². The van der Waals surface area contributed by atoms with Crippen LogP contribution in [0.4, 0.5) is 0 Å². The molecule has 0 aromatic heterocycles. The standard InChI is InChI=1S/C9H21BrN/c1-9(2)8-11(3,4)7-5-6-10/h9H,5-8H2,1-4H3/q+1. The van der Waals surface area contributed by atoms with Gasteiger partial charge in [-0.2, -0.15) is 0 Å². The maximum atomic E-state index is 3.46. The molecular formula is C9H21BrN+. The molecule has 0 rings (SSSR count). The largest absolute Gasteiger partial charge is 0.328 e. The van der Waals surface area contributed by atoms with Gasteiger partial charge in [-0.3, -0.25) is 0 Å². The Morgan fingerprint density at radius 3 is 2.18 bits per heavy atom. The van der Waals surface area contributed by atoms with Gasteiger partial charge in [-0.15, -0.1) is 0 Å². The predicted molar refractivity (Wildman–Crippen MR) is 55.1 cm³/mol. The lowest BCUT2D eigenvalue weighted by molar-refractivity contribution is -0.893. The predicted octanol–water partition coefficient (Wildman–Crippen LogP) is 2.50. The monoisotopic (exact) mass is 222 g/mol. The van der Waals surface area contributed by atoms with Gasteiger partial charge in [0.05, 0.1) is 27.2 Å². The maximum Gasteiger partial charge on any atom is 0.0805 e. The lowest BCUT2D eigenvalue weighted by atomic mass is 10.2. The fraction of sp³-hybridized carbons (Fsp3) is 1.00. The molecule has 68 valence electrons. The highest BCUT2D eigenvalue weighted by Gasteiger charge is 2.15. The fourth-order valence-electron chi connectivity index (χ4n) is 1.57. The van der Waals surface area contributed by atoms with E-state index in [9.17, 15) is 0 Å². The van der Waals surface area contributed by atoms with Gasteiger partial charge >= 0.3 is 0 Å². The van der Waals surface area contributed by atoms with Crippen molar-refractivity contribution in [3.63, 3.8) is 0 Å². The van der Waals surface area contributed by atoms with Crippen molar-refractivity contribution in [1.29, 1.82) is 0 Å². The van der Waals surface area contributed by atoms with Crippen LogP contribution in [0.5, 0.6) is 0 Å². The SMILES string of the molecule is CC(C)C[N+](C)(C)CCCBr. The van der Waals surface area contributed by atoms with Gasteiger partial charge in [0.1, 0.15) is 0 Å². The smallest absolute Gasteiger partial charge is 0.0805 e. The van der Waals surface area contributed by atoms with Crippen LogP contribution < -0.4 is 0 Å². The van der Waals surface area contributed by atoms with Crippen LogP contribution in [-0.2, 0) is 0 Å². The highest BCUT2D eigenvalue weighted by atomic mass is 79.9. The summed E-state index contributed by atoms with van der Waals surface area (Å²) in [6, 6.07) is 0. The van der Waals surface area contributed by atoms with Crippen LogP contribution in [0.2, 0.25) is 0 Å². The van der Waals surface area contributed by atoms with E-state index in [-0.39, 0.29) is 0 Å². The van der Waals surface area contributed by atoms with E-state index >= 15 is 0 Å². The van der Waals surface area contributed by atoms with E-state index in [0.29, 0.717) is 0 Å². The number of rotatable bonds is 5. The van der Waals surface area contributed by atoms with Gasteiger partial charge in [-0.1, -0.05) is 29.8 Å². The molecule has 0 spiro atoms. The van der Waals surface area contributed by atoms with Crippen molar-refractivity contribution in [3.05, 3.63) is 0 Å². The Morgan fingerprint density at radius 1 is 1.27 bits per heavy atom. The zero-order valence-electron chi connectivity index (χ0n) is 8.23. The van der Waals surface area contributed by atoms with Crippen LogP contribution in [0.15, 0.2) is 0 Å². The molecule has 0 aromatic rings. The van der Waals surface area contributed by atoms with Gasteiger partial charge in [0.15, 0.2) is 0 Å². The summed E-state index contributed by atoms with van der Waals surface area (Å²) >= 11 is 3.46. The van der Waals surface area contributed by atoms with Crippen LogP contribution in [0.25, 0.3) is 0 Å². The minimum absolute atomic E-state index is 0.806. The molecule has 0 aromatic carbocycles. The molecule has 2 heteroatoms. The van der Waals surface area contributed by atoms with Gasteiger partial charge in [0, 0.05) is 17.7 Å². The molecule has 0 fully saturated rings. The van der Waals surface area contributed by atoms with E-state index in [1.54, 1.807) is 0 Å². The first-order valence-corrected chi connectivity index (χ1v) is 5.48.